The second-order valence-corrected chi connectivity index (χ2v) is 10.2. The molecular weight excluding hydrogens is 457 g/mol. The first-order chi connectivity index (χ1) is 14.7. The minimum atomic E-state index is -3.54. The van der Waals surface area contributed by atoms with Gasteiger partial charge in [-0.2, -0.15) is 0 Å². The quantitative estimate of drug-likeness (QED) is 0.340. The van der Waals surface area contributed by atoms with Crippen LogP contribution >= 0.6 is 22.9 Å². The van der Waals surface area contributed by atoms with Gasteiger partial charge in [0.2, 0.25) is 5.78 Å². The molecule has 0 radical (unpaired) electrons. The van der Waals surface area contributed by atoms with Gasteiger partial charge >= 0.3 is 0 Å². The third kappa shape index (κ3) is 4.44. The predicted molar refractivity (Wildman–Crippen MR) is 121 cm³/mol. The van der Waals surface area contributed by atoms with Crippen LogP contribution in [-0.4, -0.2) is 25.4 Å². The van der Waals surface area contributed by atoms with Gasteiger partial charge < -0.3 is 0 Å². The number of nitrogens with zero attached hydrogens (tertiary/aromatic N) is 1. The van der Waals surface area contributed by atoms with Crippen LogP contribution in [0.1, 0.15) is 15.4 Å². The standard InChI is InChI=1S/C23H15ClFNO3S2/c1-31(28,29)19-5-3-2-4-18(19)22-20(14-8-12-17(25)13-9-14)26-23(30-22)21(27)15-6-10-16(24)11-7-15/h2-13H,1H3. The molecule has 0 saturated heterocycles. The van der Waals surface area contributed by atoms with Crippen molar-refractivity contribution in [3.63, 3.8) is 0 Å². The zero-order valence-corrected chi connectivity index (χ0v) is 18.6. The van der Waals surface area contributed by atoms with Crippen molar-refractivity contribution in [2.24, 2.45) is 0 Å². The molecule has 0 bridgehead atoms. The van der Waals surface area contributed by atoms with E-state index in [-0.39, 0.29) is 15.7 Å². The van der Waals surface area contributed by atoms with Gasteiger partial charge in [0.25, 0.3) is 0 Å². The molecule has 8 heteroatoms. The molecule has 1 aromatic heterocycles. The minimum absolute atomic E-state index is 0.132. The van der Waals surface area contributed by atoms with E-state index in [4.69, 9.17) is 11.6 Å². The van der Waals surface area contributed by atoms with E-state index in [1.165, 1.54) is 18.2 Å². The number of halogens is 2. The molecule has 4 aromatic rings. The van der Waals surface area contributed by atoms with Gasteiger partial charge in [-0.3, -0.25) is 4.79 Å². The maximum atomic E-state index is 13.5. The van der Waals surface area contributed by atoms with Crippen molar-refractivity contribution in [1.29, 1.82) is 0 Å². The van der Waals surface area contributed by atoms with E-state index in [2.05, 4.69) is 4.98 Å². The van der Waals surface area contributed by atoms with Gasteiger partial charge in [0.1, 0.15) is 5.82 Å². The maximum Gasteiger partial charge on any atom is 0.221 e. The number of aromatic nitrogens is 1. The summed E-state index contributed by atoms with van der Waals surface area (Å²) in [6, 6.07) is 18.7. The summed E-state index contributed by atoms with van der Waals surface area (Å²) in [5, 5.41) is 0.699. The van der Waals surface area contributed by atoms with Crippen LogP contribution in [-0.2, 0) is 9.84 Å². The average Bonchev–Trinajstić information content (AvgIpc) is 3.19. The Kier molecular flexibility index (Phi) is 5.75. The first-order valence-corrected chi connectivity index (χ1v) is 12.2. The molecule has 0 atom stereocenters. The topological polar surface area (TPSA) is 64.1 Å². The molecule has 1 heterocycles. The van der Waals surface area contributed by atoms with Crippen LogP contribution in [0.15, 0.2) is 77.7 Å². The number of carbonyl (C=O) groups is 1. The van der Waals surface area contributed by atoms with Gasteiger partial charge in [-0.15, -0.1) is 11.3 Å². The van der Waals surface area contributed by atoms with Crippen molar-refractivity contribution in [2.75, 3.05) is 6.26 Å². The van der Waals surface area contributed by atoms with Crippen LogP contribution in [0.25, 0.3) is 21.7 Å². The molecule has 0 spiro atoms. The summed E-state index contributed by atoms with van der Waals surface area (Å²) in [5.74, 6) is -0.720. The smallest absolute Gasteiger partial charge is 0.221 e. The Morgan fingerprint density at radius 2 is 1.61 bits per heavy atom. The molecule has 156 valence electrons. The third-order valence-corrected chi connectivity index (χ3v) is 7.07. The second kappa shape index (κ2) is 8.34. The minimum Gasteiger partial charge on any atom is -0.286 e. The zero-order valence-electron chi connectivity index (χ0n) is 16.2. The van der Waals surface area contributed by atoms with E-state index in [1.54, 1.807) is 54.6 Å². The number of hydrogen-bond acceptors (Lipinski definition) is 5. The van der Waals surface area contributed by atoms with Gasteiger partial charge in [-0.05, 0) is 54.6 Å². The predicted octanol–water partition coefficient (Wildman–Crippen LogP) is 5.90. The van der Waals surface area contributed by atoms with Crippen molar-refractivity contribution >= 4 is 38.6 Å². The van der Waals surface area contributed by atoms with E-state index >= 15 is 0 Å². The molecule has 0 aliphatic carbocycles. The fourth-order valence-electron chi connectivity index (χ4n) is 3.11. The molecule has 4 rings (SSSR count). The molecule has 0 amide bonds. The molecule has 3 aromatic carbocycles. The van der Waals surface area contributed by atoms with Crippen LogP contribution in [0, 0.1) is 5.82 Å². The van der Waals surface area contributed by atoms with Crippen molar-refractivity contribution in [2.45, 2.75) is 4.90 Å². The van der Waals surface area contributed by atoms with Gasteiger partial charge in [-0.25, -0.2) is 17.8 Å². The van der Waals surface area contributed by atoms with Crippen LogP contribution in [0.4, 0.5) is 4.39 Å². The number of ketones is 1. The molecule has 0 N–H and O–H groups in total. The summed E-state index contributed by atoms with van der Waals surface area (Å²) in [7, 11) is -3.54. The summed E-state index contributed by atoms with van der Waals surface area (Å²) in [4.78, 5) is 18.2. The molecule has 0 unspecified atom stereocenters. The SMILES string of the molecule is CS(=O)(=O)c1ccccc1-c1sc(C(=O)c2ccc(Cl)cc2)nc1-c1ccc(F)cc1. The molecule has 31 heavy (non-hydrogen) atoms. The molecule has 0 aliphatic rings. The Morgan fingerprint density at radius 1 is 0.968 bits per heavy atom. The van der Waals surface area contributed by atoms with E-state index in [9.17, 15) is 17.6 Å². The van der Waals surface area contributed by atoms with Gasteiger partial charge in [0.05, 0.1) is 15.5 Å². The van der Waals surface area contributed by atoms with Gasteiger partial charge in [0.15, 0.2) is 14.8 Å². The summed E-state index contributed by atoms with van der Waals surface area (Å²) >= 11 is 7.01. The number of benzene rings is 3. The Hall–Kier alpha value is -2.87. The number of carbonyl (C=O) groups excluding carboxylic acids is 1. The van der Waals surface area contributed by atoms with E-state index in [1.807, 2.05) is 0 Å². The molecule has 0 saturated carbocycles. The summed E-state index contributed by atoms with van der Waals surface area (Å²) < 4.78 is 38.2. The molecular formula is C23H15ClFNO3S2. The van der Waals surface area contributed by atoms with Gasteiger partial charge in [-0.1, -0.05) is 29.8 Å². The first-order valence-electron chi connectivity index (χ1n) is 9.10. The Labute approximate surface area is 187 Å². The van der Waals surface area contributed by atoms with Crippen LogP contribution in [0.3, 0.4) is 0 Å². The summed E-state index contributed by atoms with van der Waals surface area (Å²) in [6.45, 7) is 0. The van der Waals surface area contributed by atoms with E-state index in [0.717, 1.165) is 17.6 Å². The highest BCUT2D eigenvalue weighted by Crippen LogP contribution is 2.40. The Balaban J connectivity index is 1.93. The molecule has 4 nitrogen and oxygen atoms in total. The van der Waals surface area contributed by atoms with Crippen LogP contribution < -0.4 is 0 Å². The lowest BCUT2D eigenvalue weighted by molar-refractivity contribution is 0.103. The fraction of sp³-hybridized carbons (Fsp3) is 0.0435. The number of hydrogen-bond donors (Lipinski definition) is 0. The normalized spacial score (nSPS) is 11.5. The fourth-order valence-corrected chi connectivity index (χ4v) is 5.28. The zero-order chi connectivity index (χ0) is 22.2. The molecule has 0 aliphatic heterocycles. The van der Waals surface area contributed by atoms with Crippen molar-refractivity contribution in [3.8, 4) is 21.7 Å². The summed E-state index contributed by atoms with van der Waals surface area (Å²) in [5.41, 5.74) is 1.84. The average molecular weight is 472 g/mol. The lowest BCUT2D eigenvalue weighted by atomic mass is 10.1. The summed E-state index contributed by atoms with van der Waals surface area (Å²) in [6.07, 6.45) is 1.13. The number of thiazole rings is 1. The van der Waals surface area contributed by atoms with Crippen LogP contribution in [0.2, 0.25) is 5.02 Å². The van der Waals surface area contributed by atoms with Crippen LogP contribution in [0.5, 0.6) is 0 Å². The van der Waals surface area contributed by atoms with E-state index in [0.29, 0.717) is 32.3 Å². The number of rotatable bonds is 5. The lowest BCUT2D eigenvalue weighted by Crippen LogP contribution is -2.00. The maximum absolute atomic E-state index is 13.5. The van der Waals surface area contributed by atoms with Crippen molar-refractivity contribution in [3.05, 3.63) is 94.2 Å². The Morgan fingerprint density at radius 3 is 2.26 bits per heavy atom. The monoisotopic (exact) mass is 471 g/mol. The number of sulfone groups is 1. The highest BCUT2D eigenvalue weighted by Gasteiger charge is 2.24. The Bertz CT molecular complexity index is 1380. The van der Waals surface area contributed by atoms with E-state index < -0.39 is 15.7 Å². The molecule has 0 fully saturated rings. The second-order valence-electron chi connectivity index (χ2n) is 6.81. The lowest BCUT2D eigenvalue weighted by Gasteiger charge is -2.08. The third-order valence-electron chi connectivity index (χ3n) is 4.58. The highest BCUT2D eigenvalue weighted by molar-refractivity contribution is 7.90. The first kappa shape index (κ1) is 21.4. The van der Waals surface area contributed by atoms with Crippen molar-refractivity contribution < 1.29 is 17.6 Å². The van der Waals surface area contributed by atoms with Crippen molar-refractivity contribution in [1.82, 2.24) is 4.98 Å². The van der Waals surface area contributed by atoms with Gasteiger partial charge in [0, 0.05) is 28.0 Å². The largest absolute Gasteiger partial charge is 0.286 e. The highest BCUT2D eigenvalue weighted by atomic mass is 35.5.